The van der Waals surface area contributed by atoms with E-state index in [9.17, 15) is 0 Å². The number of hydrogen-bond acceptors (Lipinski definition) is 2. The molecule has 1 aliphatic rings. The molecule has 1 aromatic carbocycles. The molecule has 0 atom stereocenters. The molecule has 0 bridgehead atoms. The van der Waals surface area contributed by atoms with Crippen molar-refractivity contribution in [2.24, 2.45) is 0 Å². The molecule has 0 aliphatic heterocycles. The van der Waals surface area contributed by atoms with Gasteiger partial charge >= 0.3 is 0 Å². The highest BCUT2D eigenvalue weighted by molar-refractivity contribution is 5.51. The number of hydrogen-bond donors (Lipinski definition) is 1. The summed E-state index contributed by atoms with van der Waals surface area (Å²) in [5, 5.41) is 0. The van der Waals surface area contributed by atoms with Crippen molar-refractivity contribution >= 4 is 5.69 Å². The van der Waals surface area contributed by atoms with Crippen LogP contribution in [0.2, 0.25) is 0 Å². The molecule has 0 radical (unpaired) electrons. The molecule has 88 valence electrons. The molecule has 2 rings (SSSR count). The van der Waals surface area contributed by atoms with Crippen molar-refractivity contribution < 1.29 is 0 Å². The average molecular weight is 218 g/mol. The molecule has 0 heterocycles. The summed E-state index contributed by atoms with van der Waals surface area (Å²) < 4.78 is 0. The lowest BCUT2D eigenvalue weighted by Crippen LogP contribution is -2.37. The van der Waals surface area contributed by atoms with Crippen LogP contribution in [-0.2, 0) is 5.41 Å². The van der Waals surface area contributed by atoms with Crippen LogP contribution < -0.4 is 5.73 Å². The highest BCUT2D eigenvalue weighted by atomic mass is 15.0. The number of benzene rings is 1. The molecule has 0 amide bonds. The van der Waals surface area contributed by atoms with Crippen molar-refractivity contribution in [1.82, 2.24) is 4.90 Å². The molecule has 16 heavy (non-hydrogen) atoms. The standard InChI is InChI=1S/C14H22N2/c1-16(2)11-10-14(8-5-9-14)12-6-3-4-7-13(12)15/h3-4,6-7H,5,8-11,15H2,1-2H3. The highest BCUT2D eigenvalue weighted by Gasteiger charge is 2.39. The fourth-order valence-corrected chi connectivity index (χ4v) is 2.68. The summed E-state index contributed by atoms with van der Waals surface area (Å²) in [6.07, 6.45) is 5.18. The largest absolute Gasteiger partial charge is 0.398 e. The smallest absolute Gasteiger partial charge is 0.0352 e. The van der Waals surface area contributed by atoms with Crippen LogP contribution in [0.4, 0.5) is 5.69 Å². The van der Waals surface area contributed by atoms with E-state index < -0.39 is 0 Å². The molecular weight excluding hydrogens is 196 g/mol. The molecule has 0 aromatic heterocycles. The van der Waals surface area contributed by atoms with Gasteiger partial charge in [-0.2, -0.15) is 0 Å². The molecule has 0 spiro atoms. The Morgan fingerprint density at radius 3 is 2.44 bits per heavy atom. The molecular formula is C14H22N2. The minimum absolute atomic E-state index is 0.371. The second kappa shape index (κ2) is 4.46. The van der Waals surface area contributed by atoms with Gasteiger partial charge in [-0.1, -0.05) is 24.6 Å². The zero-order valence-corrected chi connectivity index (χ0v) is 10.4. The molecule has 1 fully saturated rings. The third kappa shape index (κ3) is 2.07. The zero-order valence-electron chi connectivity index (χ0n) is 10.4. The minimum Gasteiger partial charge on any atom is -0.398 e. The maximum absolute atomic E-state index is 6.11. The van der Waals surface area contributed by atoms with E-state index in [0.717, 1.165) is 12.2 Å². The lowest BCUT2D eigenvalue weighted by molar-refractivity contribution is 0.202. The normalized spacial score (nSPS) is 18.4. The van der Waals surface area contributed by atoms with Crippen LogP contribution in [0, 0.1) is 0 Å². The topological polar surface area (TPSA) is 29.3 Å². The summed E-state index contributed by atoms with van der Waals surface area (Å²) in [6.45, 7) is 1.15. The van der Waals surface area contributed by atoms with Gasteiger partial charge in [0.2, 0.25) is 0 Å². The number of nitrogens with two attached hydrogens (primary N) is 1. The number of rotatable bonds is 4. The van der Waals surface area contributed by atoms with Crippen LogP contribution in [0.25, 0.3) is 0 Å². The van der Waals surface area contributed by atoms with E-state index >= 15 is 0 Å². The third-order valence-electron chi connectivity index (χ3n) is 3.88. The van der Waals surface area contributed by atoms with Gasteiger partial charge in [0, 0.05) is 5.69 Å². The lowest BCUT2D eigenvalue weighted by atomic mass is 9.62. The van der Waals surface area contributed by atoms with Crippen LogP contribution in [0.15, 0.2) is 24.3 Å². The Balaban J connectivity index is 2.18. The van der Waals surface area contributed by atoms with Crippen molar-refractivity contribution in [2.75, 3.05) is 26.4 Å². The summed E-state index contributed by atoms with van der Waals surface area (Å²) in [5.41, 5.74) is 8.83. The summed E-state index contributed by atoms with van der Waals surface area (Å²) >= 11 is 0. The number of anilines is 1. The Hall–Kier alpha value is -1.02. The van der Waals surface area contributed by atoms with E-state index in [-0.39, 0.29) is 0 Å². The van der Waals surface area contributed by atoms with Crippen LogP contribution >= 0.6 is 0 Å². The van der Waals surface area contributed by atoms with E-state index in [2.05, 4.69) is 31.1 Å². The van der Waals surface area contributed by atoms with E-state index in [1.165, 1.54) is 31.2 Å². The number of para-hydroxylation sites is 1. The van der Waals surface area contributed by atoms with Crippen molar-refractivity contribution in [3.8, 4) is 0 Å². The van der Waals surface area contributed by atoms with Gasteiger partial charge in [-0.05, 0) is 56.9 Å². The van der Waals surface area contributed by atoms with Crippen LogP contribution in [0.5, 0.6) is 0 Å². The molecule has 1 saturated carbocycles. The van der Waals surface area contributed by atoms with Gasteiger partial charge in [0.25, 0.3) is 0 Å². The molecule has 0 saturated heterocycles. The van der Waals surface area contributed by atoms with E-state index in [1.54, 1.807) is 0 Å². The fourth-order valence-electron chi connectivity index (χ4n) is 2.68. The zero-order chi connectivity index (χ0) is 11.6. The summed E-state index contributed by atoms with van der Waals surface area (Å²) in [7, 11) is 4.28. The summed E-state index contributed by atoms with van der Waals surface area (Å²) in [5.74, 6) is 0. The second-order valence-electron chi connectivity index (χ2n) is 5.27. The lowest BCUT2D eigenvalue weighted by Gasteiger charge is -2.44. The van der Waals surface area contributed by atoms with Crippen LogP contribution in [0.1, 0.15) is 31.2 Å². The van der Waals surface area contributed by atoms with Crippen molar-refractivity contribution in [3.05, 3.63) is 29.8 Å². The van der Waals surface area contributed by atoms with Crippen LogP contribution in [0.3, 0.4) is 0 Å². The van der Waals surface area contributed by atoms with Crippen molar-refractivity contribution in [1.29, 1.82) is 0 Å². The Labute approximate surface area is 98.4 Å². The minimum atomic E-state index is 0.371. The average Bonchev–Trinajstić information content (AvgIpc) is 2.18. The summed E-state index contributed by atoms with van der Waals surface area (Å²) in [4.78, 5) is 2.26. The highest BCUT2D eigenvalue weighted by Crippen LogP contribution is 2.48. The third-order valence-corrected chi connectivity index (χ3v) is 3.88. The Bertz CT molecular complexity index is 354. The van der Waals surface area contributed by atoms with Gasteiger partial charge in [-0.3, -0.25) is 0 Å². The molecule has 2 nitrogen and oxygen atoms in total. The molecule has 2 N–H and O–H groups in total. The van der Waals surface area contributed by atoms with Crippen molar-refractivity contribution in [3.63, 3.8) is 0 Å². The first-order chi connectivity index (χ1) is 7.64. The van der Waals surface area contributed by atoms with Crippen LogP contribution in [-0.4, -0.2) is 25.5 Å². The first-order valence-corrected chi connectivity index (χ1v) is 6.14. The summed E-state index contributed by atoms with van der Waals surface area (Å²) in [6, 6.07) is 8.38. The Kier molecular flexibility index (Phi) is 3.20. The fraction of sp³-hybridized carbons (Fsp3) is 0.571. The predicted molar refractivity (Wildman–Crippen MR) is 69.6 cm³/mol. The monoisotopic (exact) mass is 218 g/mol. The van der Waals surface area contributed by atoms with E-state index in [0.29, 0.717) is 5.41 Å². The van der Waals surface area contributed by atoms with Gasteiger partial charge < -0.3 is 10.6 Å². The number of nitrogens with zero attached hydrogens (tertiary/aromatic N) is 1. The quantitative estimate of drug-likeness (QED) is 0.787. The van der Waals surface area contributed by atoms with Gasteiger partial charge in [0.15, 0.2) is 0 Å². The maximum atomic E-state index is 6.11. The van der Waals surface area contributed by atoms with Gasteiger partial charge in [0.1, 0.15) is 0 Å². The van der Waals surface area contributed by atoms with Crippen molar-refractivity contribution in [2.45, 2.75) is 31.1 Å². The van der Waals surface area contributed by atoms with Gasteiger partial charge in [0.05, 0.1) is 0 Å². The molecule has 2 heteroatoms. The maximum Gasteiger partial charge on any atom is 0.0352 e. The SMILES string of the molecule is CN(C)CCC1(c2ccccc2N)CCC1. The molecule has 1 aliphatic carbocycles. The Morgan fingerprint density at radius 2 is 1.94 bits per heavy atom. The van der Waals surface area contributed by atoms with Gasteiger partial charge in [-0.15, -0.1) is 0 Å². The Morgan fingerprint density at radius 1 is 1.25 bits per heavy atom. The molecule has 0 unspecified atom stereocenters. The first kappa shape index (κ1) is 11.5. The first-order valence-electron chi connectivity index (χ1n) is 6.14. The molecule has 1 aromatic rings. The van der Waals surface area contributed by atoms with E-state index in [1.807, 2.05) is 12.1 Å². The van der Waals surface area contributed by atoms with E-state index in [4.69, 9.17) is 5.73 Å². The van der Waals surface area contributed by atoms with Gasteiger partial charge in [-0.25, -0.2) is 0 Å². The second-order valence-corrected chi connectivity index (χ2v) is 5.27. The number of nitrogen functional groups attached to an aromatic ring is 1. The predicted octanol–water partition coefficient (Wildman–Crippen LogP) is 2.64.